The van der Waals surface area contributed by atoms with Crippen LogP contribution in [0.2, 0.25) is 0 Å². The molecule has 1 N–H and O–H groups in total. The van der Waals surface area contributed by atoms with Gasteiger partial charge in [0.05, 0.1) is 5.92 Å². The Balaban J connectivity index is 3.85. The van der Waals surface area contributed by atoms with Crippen molar-refractivity contribution in [1.29, 1.82) is 0 Å². The molecule has 2 atom stereocenters. The molecule has 0 aliphatic rings. The van der Waals surface area contributed by atoms with Crippen LogP contribution in [0.5, 0.6) is 0 Å². The first-order valence-corrected chi connectivity index (χ1v) is 4.49. The molecule has 12 heavy (non-hydrogen) atoms. The molecule has 0 aliphatic heterocycles. The Morgan fingerprint density at radius 3 is 2.50 bits per heavy atom. The summed E-state index contributed by atoms with van der Waals surface area (Å²) in [6.07, 6.45) is 6.20. The lowest BCUT2D eigenvalue weighted by molar-refractivity contribution is -0.142. The lowest BCUT2D eigenvalue weighted by Gasteiger charge is -2.10. The molecule has 2 heteroatoms. The van der Waals surface area contributed by atoms with E-state index >= 15 is 0 Å². The molecule has 0 aromatic carbocycles. The highest BCUT2D eigenvalue weighted by atomic mass is 16.4. The summed E-state index contributed by atoms with van der Waals surface area (Å²) < 4.78 is 0. The zero-order valence-corrected chi connectivity index (χ0v) is 8.08. The van der Waals surface area contributed by atoms with Gasteiger partial charge >= 0.3 is 5.97 Å². The van der Waals surface area contributed by atoms with Crippen LogP contribution in [0.3, 0.4) is 0 Å². The molecular formula is C10H18O2. The SMILES string of the molecule is CCCC=CC(C)C(C)C(=O)O. The summed E-state index contributed by atoms with van der Waals surface area (Å²) >= 11 is 0. The number of carboxylic acid groups (broad SMARTS) is 1. The first-order chi connectivity index (χ1) is 5.59. The number of allylic oxidation sites excluding steroid dienone is 2. The van der Waals surface area contributed by atoms with Crippen LogP contribution < -0.4 is 0 Å². The van der Waals surface area contributed by atoms with Crippen LogP contribution in [0.15, 0.2) is 12.2 Å². The third kappa shape index (κ3) is 4.16. The van der Waals surface area contributed by atoms with Crippen molar-refractivity contribution in [2.24, 2.45) is 11.8 Å². The second-order valence-electron chi connectivity index (χ2n) is 3.20. The molecule has 0 bridgehead atoms. The fourth-order valence-electron chi connectivity index (χ4n) is 0.869. The van der Waals surface area contributed by atoms with Crippen LogP contribution >= 0.6 is 0 Å². The molecule has 0 rings (SSSR count). The zero-order valence-electron chi connectivity index (χ0n) is 8.08. The fraction of sp³-hybridized carbons (Fsp3) is 0.700. The number of carbonyl (C=O) groups is 1. The van der Waals surface area contributed by atoms with Crippen LogP contribution in [-0.4, -0.2) is 11.1 Å². The van der Waals surface area contributed by atoms with Gasteiger partial charge in [0, 0.05) is 0 Å². The van der Waals surface area contributed by atoms with Crippen molar-refractivity contribution < 1.29 is 9.90 Å². The van der Waals surface area contributed by atoms with Gasteiger partial charge in [-0.05, 0) is 12.3 Å². The molecule has 0 radical (unpaired) electrons. The van der Waals surface area contributed by atoms with Crippen LogP contribution in [0.4, 0.5) is 0 Å². The Bertz CT molecular complexity index is 161. The van der Waals surface area contributed by atoms with Crippen molar-refractivity contribution in [2.75, 3.05) is 0 Å². The predicted molar refractivity (Wildman–Crippen MR) is 50.0 cm³/mol. The van der Waals surface area contributed by atoms with E-state index in [0.29, 0.717) is 0 Å². The standard InChI is InChI=1S/C10H18O2/c1-4-5-6-7-8(2)9(3)10(11)12/h6-9H,4-5H2,1-3H3,(H,11,12). The molecule has 0 amide bonds. The van der Waals surface area contributed by atoms with E-state index in [2.05, 4.69) is 13.0 Å². The van der Waals surface area contributed by atoms with E-state index in [1.165, 1.54) is 0 Å². The molecule has 0 fully saturated rings. The highest BCUT2D eigenvalue weighted by Gasteiger charge is 2.15. The Morgan fingerprint density at radius 2 is 2.08 bits per heavy atom. The molecule has 70 valence electrons. The minimum Gasteiger partial charge on any atom is -0.481 e. The maximum atomic E-state index is 10.5. The van der Waals surface area contributed by atoms with Crippen LogP contribution in [0.25, 0.3) is 0 Å². The first-order valence-electron chi connectivity index (χ1n) is 4.49. The predicted octanol–water partition coefficient (Wildman–Crippen LogP) is 2.70. The lowest BCUT2D eigenvalue weighted by Crippen LogP contribution is -2.16. The van der Waals surface area contributed by atoms with Crippen LogP contribution in [-0.2, 0) is 4.79 Å². The Morgan fingerprint density at radius 1 is 1.50 bits per heavy atom. The summed E-state index contributed by atoms with van der Waals surface area (Å²) in [4.78, 5) is 10.5. The van der Waals surface area contributed by atoms with E-state index in [1.807, 2.05) is 13.0 Å². The summed E-state index contributed by atoms with van der Waals surface area (Å²) in [7, 11) is 0. The molecule has 2 unspecified atom stereocenters. The molecule has 0 aliphatic carbocycles. The number of carboxylic acids is 1. The van der Waals surface area contributed by atoms with Gasteiger partial charge in [-0.1, -0.05) is 39.3 Å². The van der Waals surface area contributed by atoms with Gasteiger partial charge in [0.1, 0.15) is 0 Å². The van der Waals surface area contributed by atoms with Gasteiger partial charge in [-0.25, -0.2) is 0 Å². The highest BCUT2D eigenvalue weighted by molar-refractivity contribution is 5.70. The van der Waals surface area contributed by atoms with E-state index in [4.69, 9.17) is 5.11 Å². The van der Waals surface area contributed by atoms with Gasteiger partial charge in [0.15, 0.2) is 0 Å². The van der Waals surface area contributed by atoms with E-state index in [-0.39, 0.29) is 11.8 Å². The van der Waals surface area contributed by atoms with Gasteiger partial charge in [-0.3, -0.25) is 4.79 Å². The minimum absolute atomic E-state index is 0.133. The van der Waals surface area contributed by atoms with Gasteiger partial charge < -0.3 is 5.11 Å². The number of hydrogen-bond acceptors (Lipinski definition) is 1. The lowest BCUT2D eigenvalue weighted by atomic mass is 9.95. The molecule has 2 nitrogen and oxygen atoms in total. The summed E-state index contributed by atoms with van der Waals surface area (Å²) in [5.74, 6) is -0.865. The normalized spacial score (nSPS) is 16.2. The number of rotatable bonds is 5. The van der Waals surface area contributed by atoms with Gasteiger partial charge in [0.2, 0.25) is 0 Å². The van der Waals surface area contributed by atoms with E-state index in [0.717, 1.165) is 12.8 Å². The second-order valence-corrected chi connectivity index (χ2v) is 3.20. The Hall–Kier alpha value is -0.790. The van der Waals surface area contributed by atoms with Crippen molar-refractivity contribution in [2.45, 2.75) is 33.6 Å². The summed E-state index contributed by atoms with van der Waals surface area (Å²) in [5.41, 5.74) is 0. The number of aliphatic carboxylic acids is 1. The van der Waals surface area contributed by atoms with Crippen molar-refractivity contribution in [3.8, 4) is 0 Å². The second kappa shape index (κ2) is 5.81. The monoisotopic (exact) mass is 170 g/mol. The first kappa shape index (κ1) is 11.2. The fourth-order valence-corrected chi connectivity index (χ4v) is 0.869. The third-order valence-corrected chi connectivity index (χ3v) is 2.07. The summed E-state index contributed by atoms with van der Waals surface area (Å²) in [6, 6.07) is 0. The van der Waals surface area contributed by atoms with E-state index in [9.17, 15) is 4.79 Å². The molecular weight excluding hydrogens is 152 g/mol. The van der Waals surface area contributed by atoms with Crippen molar-refractivity contribution >= 4 is 5.97 Å². The average molecular weight is 170 g/mol. The molecule has 0 aromatic heterocycles. The molecule has 0 spiro atoms. The van der Waals surface area contributed by atoms with Crippen molar-refractivity contribution in [1.82, 2.24) is 0 Å². The Labute approximate surface area is 74.3 Å². The Kier molecular flexibility index (Phi) is 5.43. The van der Waals surface area contributed by atoms with Crippen molar-refractivity contribution in [3.05, 3.63) is 12.2 Å². The van der Waals surface area contributed by atoms with Gasteiger partial charge in [-0.15, -0.1) is 0 Å². The molecule has 0 saturated carbocycles. The van der Waals surface area contributed by atoms with Crippen LogP contribution in [0, 0.1) is 11.8 Å². The maximum absolute atomic E-state index is 10.5. The smallest absolute Gasteiger partial charge is 0.306 e. The molecule has 0 aromatic rings. The minimum atomic E-state index is -0.719. The third-order valence-electron chi connectivity index (χ3n) is 2.07. The van der Waals surface area contributed by atoms with E-state index < -0.39 is 5.97 Å². The van der Waals surface area contributed by atoms with Crippen LogP contribution in [0.1, 0.15) is 33.6 Å². The number of hydrogen-bond donors (Lipinski definition) is 1. The average Bonchev–Trinajstić information content (AvgIpc) is 2.03. The maximum Gasteiger partial charge on any atom is 0.306 e. The molecule has 0 saturated heterocycles. The van der Waals surface area contributed by atoms with Gasteiger partial charge in [0.25, 0.3) is 0 Å². The molecule has 0 heterocycles. The van der Waals surface area contributed by atoms with E-state index in [1.54, 1.807) is 6.92 Å². The largest absolute Gasteiger partial charge is 0.481 e. The summed E-state index contributed by atoms with van der Waals surface area (Å²) in [6.45, 7) is 5.78. The van der Waals surface area contributed by atoms with Crippen molar-refractivity contribution in [3.63, 3.8) is 0 Å². The quantitative estimate of drug-likeness (QED) is 0.644. The highest BCUT2D eigenvalue weighted by Crippen LogP contribution is 2.12. The zero-order chi connectivity index (χ0) is 9.56. The van der Waals surface area contributed by atoms with Gasteiger partial charge in [-0.2, -0.15) is 0 Å². The topological polar surface area (TPSA) is 37.3 Å². The number of unbranched alkanes of at least 4 members (excludes halogenated alkanes) is 1. The summed E-state index contributed by atoms with van der Waals surface area (Å²) in [5, 5.41) is 8.68.